The summed E-state index contributed by atoms with van der Waals surface area (Å²) in [5.74, 6) is 0.100. The number of para-hydroxylation sites is 2. The van der Waals surface area contributed by atoms with E-state index in [1.807, 2.05) is 66.4 Å². The molecular weight excluding hydrogens is 344 g/mol. The Morgan fingerprint density at radius 1 is 0.750 bits per heavy atom. The zero-order valence-corrected chi connectivity index (χ0v) is 16.2. The topological polar surface area (TPSA) is 23.6 Å². The van der Waals surface area contributed by atoms with Gasteiger partial charge in [0.05, 0.1) is 0 Å². The van der Waals surface area contributed by atoms with Crippen molar-refractivity contribution in [2.75, 3.05) is 4.90 Å². The van der Waals surface area contributed by atoms with Gasteiger partial charge in [0.15, 0.2) is 0 Å². The van der Waals surface area contributed by atoms with Gasteiger partial charge in [-0.2, -0.15) is 0 Å². The monoisotopic (exact) mass is 368 g/mol. The highest BCUT2D eigenvalue weighted by Crippen LogP contribution is 2.37. The summed E-state index contributed by atoms with van der Waals surface area (Å²) >= 11 is 0. The molecule has 0 spiro atoms. The standard InChI is InChI=1S/C25H24N2O/c1-19-20(2)25(28)26(18-21-12-6-3-7-13-21)24(19)27(22-14-8-4-9-15-22)23-16-10-5-11-17-23/h3-17,24H,18H2,1-2H3/t24-/m1/s1. The largest absolute Gasteiger partial charge is 0.317 e. The summed E-state index contributed by atoms with van der Waals surface area (Å²) in [5.41, 5.74) is 5.19. The normalized spacial score (nSPS) is 16.6. The molecule has 1 aliphatic heterocycles. The number of carbonyl (C=O) groups excluding carboxylic acids is 1. The number of anilines is 2. The van der Waals surface area contributed by atoms with Crippen LogP contribution in [0.4, 0.5) is 11.4 Å². The van der Waals surface area contributed by atoms with Gasteiger partial charge in [-0.1, -0.05) is 66.7 Å². The van der Waals surface area contributed by atoms with Crippen molar-refractivity contribution in [2.24, 2.45) is 0 Å². The molecule has 3 heteroatoms. The van der Waals surface area contributed by atoms with Crippen LogP contribution in [0.25, 0.3) is 0 Å². The van der Waals surface area contributed by atoms with Crippen LogP contribution in [0.1, 0.15) is 19.4 Å². The van der Waals surface area contributed by atoms with Gasteiger partial charge in [0, 0.05) is 23.5 Å². The summed E-state index contributed by atoms with van der Waals surface area (Å²) in [4.78, 5) is 17.4. The lowest BCUT2D eigenvalue weighted by molar-refractivity contribution is -0.127. The van der Waals surface area contributed by atoms with Crippen LogP contribution in [-0.2, 0) is 11.3 Å². The molecule has 140 valence electrons. The molecule has 3 nitrogen and oxygen atoms in total. The molecule has 0 unspecified atom stereocenters. The van der Waals surface area contributed by atoms with Crippen molar-refractivity contribution in [1.29, 1.82) is 0 Å². The average Bonchev–Trinajstić information content (AvgIpc) is 2.95. The van der Waals surface area contributed by atoms with Crippen molar-refractivity contribution in [3.05, 3.63) is 108 Å². The van der Waals surface area contributed by atoms with E-state index in [-0.39, 0.29) is 12.1 Å². The fourth-order valence-corrected chi connectivity index (χ4v) is 3.80. The maximum Gasteiger partial charge on any atom is 0.251 e. The second-order valence-electron chi connectivity index (χ2n) is 7.14. The van der Waals surface area contributed by atoms with Gasteiger partial charge in [-0.25, -0.2) is 0 Å². The van der Waals surface area contributed by atoms with Crippen LogP contribution in [0, 0.1) is 0 Å². The molecule has 0 aliphatic carbocycles. The highest BCUT2D eigenvalue weighted by molar-refractivity contribution is 5.98. The van der Waals surface area contributed by atoms with Gasteiger partial charge in [0.25, 0.3) is 5.91 Å². The lowest BCUT2D eigenvalue weighted by Crippen LogP contribution is -2.45. The smallest absolute Gasteiger partial charge is 0.251 e. The molecule has 0 radical (unpaired) electrons. The van der Waals surface area contributed by atoms with Crippen molar-refractivity contribution in [2.45, 2.75) is 26.6 Å². The molecule has 28 heavy (non-hydrogen) atoms. The third kappa shape index (κ3) is 3.31. The molecule has 0 N–H and O–H groups in total. The molecule has 0 aromatic heterocycles. The summed E-state index contributed by atoms with van der Waals surface area (Å²) in [7, 11) is 0. The predicted molar refractivity (Wildman–Crippen MR) is 114 cm³/mol. The maximum atomic E-state index is 13.1. The van der Waals surface area contributed by atoms with Crippen molar-refractivity contribution in [3.8, 4) is 0 Å². The van der Waals surface area contributed by atoms with Crippen LogP contribution in [0.15, 0.2) is 102 Å². The summed E-state index contributed by atoms with van der Waals surface area (Å²) in [6.07, 6.45) is -0.155. The molecule has 0 saturated carbocycles. The third-order valence-electron chi connectivity index (χ3n) is 5.36. The van der Waals surface area contributed by atoms with Crippen molar-refractivity contribution in [1.82, 2.24) is 4.90 Å². The van der Waals surface area contributed by atoms with Crippen molar-refractivity contribution >= 4 is 17.3 Å². The van der Waals surface area contributed by atoms with E-state index in [9.17, 15) is 4.79 Å². The number of hydrogen-bond donors (Lipinski definition) is 0. The first kappa shape index (κ1) is 18.1. The Balaban J connectivity index is 1.81. The van der Waals surface area contributed by atoms with Gasteiger partial charge in [0.1, 0.15) is 6.17 Å². The van der Waals surface area contributed by atoms with Gasteiger partial charge >= 0.3 is 0 Å². The molecule has 1 atom stereocenters. The SMILES string of the molecule is CC1=C(C)[C@@H](N(c2ccccc2)c2ccccc2)N(Cc2ccccc2)C1=O. The first-order chi connectivity index (χ1) is 13.7. The Morgan fingerprint density at radius 3 is 1.71 bits per heavy atom. The number of carbonyl (C=O) groups is 1. The highest BCUT2D eigenvalue weighted by atomic mass is 16.2. The lowest BCUT2D eigenvalue weighted by Gasteiger charge is -2.38. The van der Waals surface area contributed by atoms with E-state index in [4.69, 9.17) is 0 Å². The summed E-state index contributed by atoms with van der Waals surface area (Å²) < 4.78 is 0. The molecule has 4 rings (SSSR count). The van der Waals surface area contributed by atoms with E-state index in [0.717, 1.165) is 28.1 Å². The number of hydrogen-bond acceptors (Lipinski definition) is 2. The summed E-state index contributed by atoms with van der Waals surface area (Å²) in [6, 6.07) is 30.7. The first-order valence-electron chi connectivity index (χ1n) is 9.58. The van der Waals surface area contributed by atoms with Crippen LogP contribution < -0.4 is 4.90 Å². The minimum Gasteiger partial charge on any atom is -0.317 e. The molecule has 0 bridgehead atoms. The van der Waals surface area contributed by atoms with Crippen LogP contribution in [0.3, 0.4) is 0 Å². The van der Waals surface area contributed by atoms with Crippen molar-refractivity contribution in [3.63, 3.8) is 0 Å². The second kappa shape index (κ2) is 7.73. The molecular formula is C25H24N2O. The molecule has 1 amide bonds. The van der Waals surface area contributed by atoms with E-state index < -0.39 is 0 Å². The van der Waals surface area contributed by atoms with Gasteiger partial charge in [0.2, 0.25) is 0 Å². The fourth-order valence-electron chi connectivity index (χ4n) is 3.80. The fraction of sp³-hybridized carbons (Fsp3) is 0.160. The minimum absolute atomic E-state index is 0.100. The number of amides is 1. The Labute approximate surface area is 166 Å². The molecule has 3 aromatic carbocycles. The average molecular weight is 368 g/mol. The molecule has 1 aliphatic rings. The van der Waals surface area contributed by atoms with Gasteiger partial charge in [-0.3, -0.25) is 4.79 Å². The highest BCUT2D eigenvalue weighted by Gasteiger charge is 2.39. The Kier molecular flexibility index (Phi) is 4.98. The van der Waals surface area contributed by atoms with E-state index in [0.29, 0.717) is 6.54 Å². The molecule has 0 fully saturated rings. The van der Waals surface area contributed by atoms with Gasteiger partial charge in [-0.05, 0) is 49.2 Å². The Bertz CT molecular complexity index is 941. The van der Waals surface area contributed by atoms with E-state index in [1.54, 1.807) is 0 Å². The molecule has 1 heterocycles. The van der Waals surface area contributed by atoms with Crippen LogP contribution >= 0.6 is 0 Å². The minimum atomic E-state index is -0.155. The number of rotatable bonds is 5. The van der Waals surface area contributed by atoms with Crippen LogP contribution in [0.5, 0.6) is 0 Å². The molecule has 0 saturated heterocycles. The first-order valence-corrected chi connectivity index (χ1v) is 9.58. The van der Waals surface area contributed by atoms with E-state index in [2.05, 4.69) is 48.2 Å². The van der Waals surface area contributed by atoms with Gasteiger partial charge < -0.3 is 9.80 Å². The van der Waals surface area contributed by atoms with Crippen LogP contribution in [-0.4, -0.2) is 17.0 Å². The zero-order valence-electron chi connectivity index (χ0n) is 16.2. The predicted octanol–water partition coefficient (Wildman–Crippen LogP) is 5.53. The lowest BCUT2D eigenvalue weighted by atomic mass is 10.1. The Hall–Kier alpha value is -3.33. The second-order valence-corrected chi connectivity index (χ2v) is 7.14. The number of nitrogens with zero attached hydrogens (tertiary/aromatic N) is 2. The quantitative estimate of drug-likeness (QED) is 0.591. The third-order valence-corrected chi connectivity index (χ3v) is 5.36. The maximum absolute atomic E-state index is 13.1. The van der Waals surface area contributed by atoms with E-state index >= 15 is 0 Å². The van der Waals surface area contributed by atoms with Crippen molar-refractivity contribution < 1.29 is 4.79 Å². The van der Waals surface area contributed by atoms with E-state index in [1.165, 1.54) is 0 Å². The summed E-state index contributed by atoms with van der Waals surface area (Å²) in [6.45, 7) is 4.58. The zero-order chi connectivity index (χ0) is 19.5. The van der Waals surface area contributed by atoms with Crippen LogP contribution in [0.2, 0.25) is 0 Å². The Morgan fingerprint density at radius 2 is 1.21 bits per heavy atom. The number of benzene rings is 3. The molecule has 3 aromatic rings. The van der Waals surface area contributed by atoms with Gasteiger partial charge in [-0.15, -0.1) is 0 Å². The summed E-state index contributed by atoms with van der Waals surface area (Å²) in [5, 5.41) is 0.